The summed E-state index contributed by atoms with van der Waals surface area (Å²) in [6.45, 7) is 1.20. The van der Waals surface area contributed by atoms with Gasteiger partial charge in [-0.25, -0.2) is 9.37 Å². The number of imidazole rings is 1. The van der Waals surface area contributed by atoms with E-state index in [1.807, 2.05) is 43.3 Å². The van der Waals surface area contributed by atoms with E-state index >= 15 is 0 Å². The van der Waals surface area contributed by atoms with Crippen molar-refractivity contribution in [2.24, 2.45) is 0 Å². The van der Waals surface area contributed by atoms with E-state index in [1.54, 1.807) is 21.6 Å². The van der Waals surface area contributed by atoms with Crippen molar-refractivity contribution >= 4 is 17.2 Å². The van der Waals surface area contributed by atoms with Gasteiger partial charge in [0.25, 0.3) is 0 Å². The molecule has 27 heavy (non-hydrogen) atoms. The molecule has 1 aliphatic heterocycles. The fourth-order valence-electron chi connectivity index (χ4n) is 3.39. The van der Waals surface area contributed by atoms with Gasteiger partial charge in [0.1, 0.15) is 23.3 Å². The van der Waals surface area contributed by atoms with E-state index in [2.05, 4.69) is 4.98 Å². The number of ether oxygens (including phenoxy) is 1. The van der Waals surface area contributed by atoms with Gasteiger partial charge in [-0.3, -0.25) is 4.79 Å². The molecule has 0 N–H and O–H groups in total. The highest BCUT2D eigenvalue weighted by atomic mass is 19.1. The molecular weight excluding hydrogens is 347 g/mol. The maximum absolute atomic E-state index is 13.4. The summed E-state index contributed by atoms with van der Waals surface area (Å²) in [6, 6.07) is 10.5. The molecule has 0 saturated carbocycles. The zero-order chi connectivity index (χ0) is 19.0. The first-order valence-corrected chi connectivity index (χ1v) is 8.83. The van der Waals surface area contributed by atoms with Crippen molar-refractivity contribution in [1.29, 1.82) is 0 Å². The summed E-state index contributed by atoms with van der Waals surface area (Å²) in [5.41, 5.74) is 2.00. The standard InChI is InChI=1S/C20H21FN4O2/c1-23(2)12-16-13-25(17-5-3-4-6-18(17)27-16)20(26)9-15-11-24-10-14(21)7-8-19(24)22-15/h3-8,10-11,16H,9,12-13H2,1-2H3. The number of hydrogen-bond acceptors (Lipinski definition) is 4. The molecule has 1 amide bonds. The van der Waals surface area contributed by atoms with E-state index in [0.29, 0.717) is 30.2 Å². The van der Waals surface area contributed by atoms with Crippen molar-refractivity contribution < 1.29 is 13.9 Å². The van der Waals surface area contributed by atoms with Crippen LogP contribution in [-0.4, -0.2) is 53.5 Å². The molecule has 3 heterocycles. The predicted octanol–water partition coefficient (Wildman–Crippen LogP) is 2.37. The van der Waals surface area contributed by atoms with Gasteiger partial charge in [-0.2, -0.15) is 0 Å². The second-order valence-corrected chi connectivity index (χ2v) is 7.00. The molecule has 1 unspecified atom stereocenters. The number of likely N-dealkylation sites (N-methyl/N-ethyl adjacent to an activating group) is 1. The monoisotopic (exact) mass is 368 g/mol. The molecule has 0 radical (unpaired) electrons. The van der Waals surface area contributed by atoms with Gasteiger partial charge in [-0.1, -0.05) is 12.1 Å². The first-order valence-electron chi connectivity index (χ1n) is 8.83. The van der Waals surface area contributed by atoms with Gasteiger partial charge in [0.05, 0.1) is 24.3 Å². The van der Waals surface area contributed by atoms with Crippen LogP contribution in [0.2, 0.25) is 0 Å². The zero-order valence-corrected chi connectivity index (χ0v) is 15.3. The van der Waals surface area contributed by atoms with Crippen molar-refractivity contribution in [3.8, 4) is 5.75 Å². The molecule has 6 nitrogen and oxygen atoms in total. The number of anilines is 1. The average molecular weight is 368 g/mol. The SMILES string of the molecule is CN(C)CC1CN(C(=O)Cc2cn3cc(F)ccc3n2)c2ccccc2O1. The van der Waals surface area contributed by atoms with Crippen molar-refractivity contribution in [3.05, 3.63) is 60.3 Å². The van der Waals surface area contributed by atoms with Gasteiger partial charge in [0.2, 0.25) is 5.91 Å². The summed E-state index contributed by atoms with van der Waals surface area (Å²) in [4.78, 5) is 21.3. The van der Waals surface area contributed by atoms with E-state index < -0.39 is 0 Å². The van der Waals surface area contributed by atoms with Gasteiger partial charge in [0.15, 0.2) is 0 Å². The quantitative estimate of drug-likeness (QED) is 0.710. The van der Waals surface area contributed by atoms with Crippen LogP contribution in [0.4, 0.5) is 10.1 Å². The van der Waals surface area contributed by atoms with Crippen LogP contribution >= 0.6 is 0 Å². The number of carbonyl (C=O) groups is 1. The van der Waals surface area contributed by atoms with Crippen LogP contribution < -0.4 is 9.64 Å². The van der Waals surface area contributed by atoms with E-state index in [1.165, 1.54) is 12.3 Å². The number of fused-ring (bicyclic) bond motifs is 2. The van der Waals surface area contributed by atoms with Gasteiger partial charge in [0, 0.05) is 18.9 Å². The minimum absolute atomic E-state index is 0.0571. The first-order chi connectivity index (χ1) is 13.0. The summed E-state index contributed by atoms with van der Waals surface area (Å²) in [7, 11) is 3.96. The Balaban J connectivity index is 1.59. The van der Waals surface area contributed by atoms with E-state index in [0.717, 1.165) is 5.69 Å². The van der Waals surface area contributed by atoms with Crippen molar-refractivity contribution in [2.45, 2.75) is 12.5 Å². The molecule has 2 aromatic heterocycles. The van der Waals surface area contributed by atoms with E-state index in [-0.39, 0.29) is 24.2 Å². The summed E-state index contributed by atoms with van der Waals surface area (Å²) in [6.07, 6.45) is 3.09. The third-order valence-electron chi connectivity index (χ3n) is 4.50. The molecule has 0 fully saturated rings. The number of aromatic nitrogens is 2. The normalized spacial score (nSPS) is 16.4. The number of para-hydroxylation sites is 2. The Morgan fingerprint density at radius 1 is 1.26 bits per heavy atom. The molecule has 1 aromatic carbocycles. The van der Waals surface area contributed by atoms with E-state index in [4.69, 9.17) is 4.74 Å². The summed E-state index contributed by atoms with van der Waals surface area (Å²) < 4.78 is 21.0. The number of rotatable bonds is 4. The largest absolute Gasteiger partial charge is 0.485 e. The molecule has 0 spiro atoms. The molecule has 1 aliphatic rings. The molecule has 0 bridgehead atoms. The lowest BCUT2D eigenvalue weighted by molar-refractivity contribution is -0.118. The minimum atomic E-state index is -0.341. The van der Waals surface area contributed by atoms with Gasteiger partial charge in [-0.15, -0.1) is 0 Å². The number of nitrogens with zero attached hydrogens (tertiary/aromatic N) is 4. The third-order valence-corrected chi connectivity index (χ3v) is 4.50. The maximum Gasteiger partial charge on any atom is 0.233 e. The highest BCUT2D eigenvalue weighted by Crippen LogP contribution is 2.33. The zero-order valence-electron chi connectivity index (χ0n) is 15.3. The lowest BCUT2D eigenvalue weighted by Gasteiger charge is -2.36. The van der Waals surface area contributed by atoms with Crippen LogP contribution in [0.5, 0.6) is 5.75 Å². The predicted molar refractivity (Wildman–Crippen MR) is 101 cm³/mol. The van der Waals surface area contributed by atoms with Crippen molar-refractivity contribution in [2.75, 3.05) is 32.1 Å². The summed E-state index contributed by atoms with van der Waals surface area (Å²) in [5, 5.41) is 0. The van der Waals surface area contributed by atoms with Crippen LogP contribution in [0.1, 0.15) is 5.69 Å². The van der Waals surface area contributed by atoms with E-state index in [9.17, 15) is 9.18 Å². The molecule has 1 atom stereocenters. The topological polar surface area (TPSA) is 50.1 Å². The Morgan fingerprint density at radius 2 is 2.07 bits per heavy atom. The van der Waals surface area contributed by atoms with Gasteiger partial charge >= 0.3 is 0 Å². The Labute approximate surface area is 156 Å². The molecule has 140 valence electrons. The Hall–Kier alpha value is -2.93. The Kier molecular flexibility index (Phi) is 4.53. The lowest BCUT2D eigenvalue weighted by Crippen LogP contribution is -2.47. The average Bonchev–Trinajstić information content (AvgIpc) is 3.01. The lowest BCUT2D eigenvalue weighted by atomic mass is 10.1. The van der Waals surface area contributed by atoms with Gasteiger partial charge < -0.3 is 18.9 Å². The van der Waals surface area contributed by atoms with Crippen LogP contribution in [0.15, 0.2) is 48.8 Å². The molecule has 3 aromatic rings. The van der Waals surface area contributed by atoms with Crippen LogP contribution in [-0.2, 0) is 11.2 Å². The van der Waals surface area contributed by atoms with Crippen molar-refractivity contribution in [1.82, 2.24) is 14.3 Å². The second kappa shape index (κ2) is 7.00. The Bertz CT molecular complexity index is 985. The fourth-order valence-corrected chi connectivity index (χ4v) is 3.39. The number of carbonyl (C=O) groups excluding carboxylic acids is 1. The third kappa shape index (κ3) is 3.64. The van der Waals surface area contributed by atoms with Gasteiger partial charge in [-0.05, 0) is 38.4 Å². The molecular formula is C20H21FN4O2. The summed E-state index contributed by atoms with van der Waals surface area (Å²) >= 11 is 0. The number of amides is 1. The van der Waals surface area contributed by atoms with Crippen LogP contribution in [0, 0.1) is 5.82 Å². The van der Waals surface area contributed by atoms with Crippen LogP contribution in [0.25, 0.3) is 5.65 Å². The van der Waals surface area contributed by atoms with Crippen LogP contribution in [0.3, 0.4) is 0 Å². The number of pyridine rings is 1. The molecule has 4 rings (SSSR count). The first kappa shape index (κ1) is 17.5. The van der Waals surface area contributed by atoms with Crippen molar-refractivity contribution in [3.63, 3.8) is 0 Å². The summed E-state index contributed by atoms with van der Waals surface area (Å²) in [5.74, 6) is 0.311. The Morgan fingerprint density at radius 3 is 2.89 bits per heavy atom. The minimum Gasteiger partial charge on any atom is -0.485 e. The molecule has 0 saturated heterocycles. The highest BCUT2D eigenvalue weighted by Gasteiger charge is 2.30. The smallest absolute Gasteiger partial charge is 0.233 e. The number of hydrogen-bond donors (Lipinski definition) is 0. The maximum atomic E-state index is 13.4. The number of halogens is 1. The fraction of sp³-hybridized carbons (Fsp3) is 0.300. The molecule has 7 heteroatoms. The highest BCUT2D eigenvalue weighted by molar-refractivity contribution is 5.96. The second-order valence-electron chi connectivity index (χ2n) is 7.00. The number of benzene rings is 1. The molecule has 0 aliphatic carbocycles.